The van der Waals surface area contributed by atoms with Gasteiger partial charge in [0.1, 0.15) is 18.1 Å². The number of nitrogens with one attached hydrogen (secondary N) is 2. The zero-order valence-electron chi connectivity index (χ0n) is 18.6. The monoisotopic (exact) mass is 480 g/mol. The number of carbonyl (C=O) groups is 4. The van der Waals surface area contributed by atoms with E-state index in [1.54, 1.807) is 24.3 Å². The number of rotatable bonds is 12. The van der Waals surface area contributed by atoms with Crippen LogP contribution >= 0.6 is 11.8 Å². The minimum atomic E-state index is -1.23. The molecule has 4 atom stereocenters. The molecule has 1 fully saturated rings. The average Bonchev–Trinajstić information content (AvgIpc) is 3.30. The molecule has 6 N–H and O–H groups in total. The molecule has 0 unspecified atom stereocenters. The fraction of sp³-hybridized carbons (Fsp3) is 0.545. The lowest BCUT2D eigenvalue weighted by Gasteiger charge is -2.29. The first kappa shape index (κ1) is 26.6. The minimum Gasteiger partial charge on any atom is -0.480 e. The average molecular weight is 481 g/mol. The van der Waals surface area contributed by atoms with Crippen LogP contribution in [0.1, 0.15) is 24.8 Å². The zero-order valence-corrected chi connectivity index (χ0v) is 19.4. The van der Waals surface area contributed by atoms with Crippen LogP contribution in [0.2, 0.25) is 0 Å². The highest BCUT2D eigenvalue weighted by molar-refractivity contribution is 7.98. The predicted molar refractivity (Wildman–Crippen MR) is 124 cm³/mol. The molecule has 10 nitrogen and oxygen atoms in total. The van der Waals surface area contributed by atoms with Crippen LogP contribution in [-0.4, -0.2) is 88.1 Å². The zero-order chi connectivity index (χ0) is 24.4. The summed E-state index contributed by atoms with van der Waals surface area (Å²) in [7, 11) is 0. The Balaban J connectivity index is 2.03. The van der Waals surface area contributed by atoms with Gasteiger partial charge in [-0.05, 0) is 36.8 Å². The van der Waals surface area contributed by atoms with Crippen LogP contribution in [0.3, 0.4) is 0 Å². The summed E-state index contributed by atoms with van der Waals surface area (Å²) in [5.41, 5.74) is 6.59. The van der Waals surface area contributed by atoms with Gasteiger partial charge in [-0.15, -0.1) is 0 Å². The molecule has 11 heteroatoms. The minimum absolute atomic E-state index is 0.103. The number of aliphatic carboxylic acids is 1. The van der Waals surface area contributed by atoms with E-state index in [1.807, 2.05) is 12.3 Å². The van der Waals surface area contributed by atoms with Crippen molar-refractivity contribution in [3.8, 4) is 0 Å². The number of thioether (sulfide) groups is 1. The van der Waals surface area contributed by atoms with Crippen molar-refractivity contribution >= 4 is 35.5 Å². The van der Waals surface area contributed by atoms with Gasteiger partial charge >= 0.3 is 5.97 Å². The molecule has 182 valence electrons. The van der Waals surface area contributed by atoms with Crippen LogP contribution in [0.25, 0.3) is 0 Å². The first-order valence-electron chi connectivity index (χ1n) is 10.8. The second-order valence-corrected chi connectivity index (χ2v) is 8.90. The number of hydrogen-bond donors (Lipinski definition) is 5. The van der Waals surface area contributed by atoms with Crippen LogP contribution in [0, 0.1) is 0 Å². The van der Waals surface area contributed by atoms with E-state index in [9.17, 15) is 29.4 Å². The number of nitrogens with two attached hydrogens (primary N) is 1. The van der Waals surface area contributed by atoms with E-state index in [-0.39, 0.29) is 13.0 Å². The van der Waals surface area contributed by atoms with E-state index in [1.165, 1.54) is 16.7 Å². The van der Waals surface area contributed by atoms with Crippen molar-refractivity contribution in [2.24, 2.45) is 5.73 Å². The number of hydrogen-bond acceptors (Lipinski definition) is 7. The number of carboxylic acid groups (broad SMARTS) is 1. The van der Waals surface area contributed by atoms with Crippen molar-refractivity contribution in [2.45, 2.75) is 49.9 Å². The number of likely N-dealkylation sites (tertiary alicyclic amines) is 1. The number of benzene rings is 1. The summed E-state index contributed by atoms with van der Waals surface area (Å²) in [5, 5.41) is 24.2. The highest BCUT2D eigenvalue weighted by Gasteiger charge is 2.39. The lowest BCUT2D eigenvalue weighted by atomic mass is 10.1. The number of carboxylic acids is 1. The Morgan fingerprint density at radius 3 is 2.48 bits per heavy atom. The van der Waals surface area contributed by atoms with Gasteiger partial charge in [0.05, 0.1) is 12.6 Å². The van der Waals surface area contributed by atoms with Crippen LogP contribution in [0.4, 0.5) is 0 Å². The third-order valence-corrected chi connectivity index (χ3v) is 6.15. The summed E-state index contributed by atoms with van der Waals surface area (Å²) in [5.74, 6) is -2.23. The molecular weight excluding hydrogens is 448 g/mol. The molecule has 0 aromatic heterocycles. The predicted octanol–water partition coefficient (Wildman–Crippen LogP) is -0.653. The van der Waals surface area contributed by atoms with Gasteiger partial charge in [-0.25, -0.2) is 4.79 Å². The molecule has 1 saturated heterocycles. The van der Waals surface area contributed by atoms with E-state index < -0.39 is 54.5 Å². The smallest absolute Gasteiger partial charge is 0.326 e. The lowest BCUT2D eigenvalue weighted by molar-refractivity contribution is -0.145. The second kappa shape index (κ2) is 13.2. The molecule has 2 rings (SSSR count). The number of carbonyl (C=O) groups excluding carboxylic acids is 3. The standard InChI is InChI=1S/C22H32N4O6S/c1-33-11-9-15(23)19(28)25-17(13-27)21(30)26-10-5-8-18(26)20(29)24-16(22(31)32)12-14-6-3-2-4-7-14/h2-4,6-7,15-18,27H,5,8-13,23H2,1H3,(H,24,29)(H,25,28)(H,31,32)/t15-,16-,17-,18-/m0/s1. The molecule has 33 heavy (non-hydrogen) atoms. The van der Waals surface area contributed by atoms with Crippen molar-refractivity contribution in [2.75, 3.05) is 25.2 Å². The molecule has 0 radical (unpaired) electrons. The maximum Gasteiger partial charge on any atom is 0.326 e. The molecule has 0 spiro atoms. The van der Waals surface area contributed by atoms with Gasteiger partial charge < -0.3 is 31.5 Å². The topological polar surface area (TPSA) is 162 Å². The lowest BCUT2D eigenvalue weighted by Crippen LogP contribution is -2.58. The van der Waals surface area contributed by atoms with E-state index in [2.05, 4.69) is 10.6 Å². The Morgan fingerprint density at radius 1 is 1.18 bits per heavy atom. The first-order valence-corrected chi connectivity index (χ1v) is 12.2. The third kappa shape index (κ3) is 7.72. The molecular formula is C22H32N4O6S. The van der Waals surface area contributed by atoms with Crippen molar-refractivity contribution in [3.05, 3.63) is 35.9 Å². The highest BCUT2D eigenvalue weighted by atomic mass is 32.2. The van der Waals surface area contributed by atoms with Crippen LogP contribution in [-0.2, 0) is 25.6 Å². The fourth-order valence-corrected chi connectivity index (χ4v) is 4.15. The molecule has 3 amide bonds. The van der Waals surface area contributed by atoms with Crippen LogP contribution < -0.4 is 16.4 Å². The van der Waals surface area contributed by atoms with Crippen molar-refractivity contribution in [1.29, 1.82) is 0 Å². The summed E-state index contributed by atoms with van der Waals surface area (Å²) in [4.78, 5) is 51.1. The summed E-state index contributed by atoms with van der Waals surface area (Å²) in [6.45, 7) is -0.380. The molecule has 0 saturated carbocycles. The van der Waals surface area contributed by atoms with E-state index in [0.29, 0.717) is 25.0 Å². The van der Waals surface area contributed by atoms with E-state index in [4.69, 9.17) is 5.73 Å². The van der Waals surface area contributed by atoms with E-state index in [0.717, 1.165) is 5.56 Å². The van der Waals surface area contributed by atoms with Gasteiger partial charge in [0, 0.05) is 13.0 Å². The number of nitrogens with zero attached hydrogens (tertiary/aromatic N) is 1. The van der Waals surface area contributed by atoms with Crippen molar-refractivity contribution in [3.63, 3.8) is 0 Å². The van der Waals surface area contributed by atoms with Crippen LogP contribution in [0.15, 0.2) is 30.3 Å². The molecule has 1 aliphatic rings. The summed E-state index contributed by atoms with van der Waals surface area (Å²) < 4.78 is 0. The van der Waals surface area contributed by atoms with Gasteiger partial charge in [-0.1, -0.05) is 30.3 Å². The molecule has 0 bridgehead atoms. The molecule has 1 aliphatic heterocycles. The maximum atomic E-state index is 13.0. The SMILES string of the molecule is CSCC[C@H](N)C(=O)N[C@@H](CO)C(=O)N1CCC[C@H]1C(=O)N[C@@H](Cc1ccccc1)C(=O)O. The fourth-order valence-electron chi connectivity index (χ4n) is 3.66. The molecule has 1 aromatic rings. The van der Waals surface area contributed by atoms with Gasteiger partial charge in [0.25, 0.3) is 0 Å². The van der Waals surface area contributed by atoms with Gasteiger partial charge in [-0.3, -0.25) is 14.4 Å². The summed E-state index contributed by atoms with van der Waals surface area (Å²) >= 11 is 1.54. The Hall–Kier alpha value is -2.63. The van der Waals surface area contributed by atoms with Gasteiger partial charge in [-0.2, -0.15) is 11.8 Å². The van der Waals surface area contributed by atoms with Crippen molar-refractivity contribution < 1.29 is 29.4 Å². The largest absolute Gasteiger partial charge is 0.480 e. The van der Waals surface area contributed by atoms with Gasteiger partial charge in [0.15, 0.2) is 0 Å². The highest BCUT2D eigenvalue weighted by Crippen LogP contribution is 2.19. The van der Waals surface area contributed by atoms with E-state index >= 15 is 0 Å². The molecule has 1 heterocycles. The van der Waals surface area contributed by atoms with Crippen molar-refractivity contribution in [1.82, 2.24) is 15.5 Å². The number of aliphatic hydroxyl groups excluding tert-OH is 1. The molecule has 0 aliphatic carbocycles. The first-order chi connectivity index (χ1) is 15.8. The van der Waals surface area contributed by atoms with Crippen LogP contribution in [0.5, 0.6) is 0 Å². The number of aliphatic hydroxyl groups is 1. The normalized spacial score (nSPS) is 18.3. The second-order valence-electron chi connectivity index (χ2n) is 7.91. The number of amides is 3. The quantitative estimate of drug-likeness (QED) is 0.263. The van der Waals surface area contributed by atoms with Gasteiger partial charge in [0.2, 0.25) is 17.7 Å². The summed E-state index contributed by atoms with van der Waals surface area (Å²) in [6.07, 6.45) is 3.31. The summed E-state index contributed by atoms with van der Waals surface area (Å²) in [6, 6.07) is 4.83. The molecule has 1 aromatic carbocycles. The maximum absolute atomic E-state index is 13.0. The Kier molecular flexibility index (Phi) is 10.6. The third-order valence-electron chi connectivity index (χ3n) is 5.50. The Bertz CT molecular complexity index is 824. The Labute approximate surface area is 197 Å². The Morgan fingerprint density at radius 2 is 1.88 bits per heavy atom.